The van der Waals surface area contributed by atoms with Gasteiger partial charge >= 0.3 is 0 Å². The molecule has 3 rings (SSSR count). The summed E-state index contributed by atoms with van der Waals surface area (Å²) in [5.41, 5.74) is 3.28. The Morgan fingerprint density at radius 3 is 2.66 bits per heavy atom. The molecule has 0 saturated heterocycles. The molecule has 0 fully saturated rings. The predicted octanol–water partition coefficient (Wildman–Crippen LogP) is 4.22. The number of aliphatic imine (C=N–C) groups is 1. The molecular weight excluding hydrogens is 402 g/mol. The van der Waals surface area contributed by atoms with Crippen LogP contribution in [-0.2, 0) is 17.7 Å². The van der Waals surface area contributed by atoms with Gasteiger partial charge in [-0.15, -0.1) is 22.7 Å². The lowest BCUT2D eigenvalue weighted by Gasteiger charge is -2.21. The van der Waals surface area contributed by atoms with Crippen LogP contribution >= 0.6 is 22.7 Å². The molecule has 29 heavy (non-hydrogen) atoms. The van der Waals surface area contributed by atoms with E-state index in [0.29, 0.717) is 6.54 Å². The Hall–Kier alpha value is -2.29. The molecule has 0 amide bonds. The summed E-state index contributed by atoms with van der Waals surface area (Å²) in [5.74, 6) is 0.845. The molecule has 0 aliphatic heterocycles. The number of aromatic nitrogens is 2. The van der Waals surface area contributed by atoms with Crippen LogP contribution in [0, 0.1) is 0 Å². The van der Waals surface area contributed by atoms with Crippen LogP contribution in [0.25, 0.3) is 10.6 Å². The Morgan fingerprint density at radius 2 is 1.93 bits per heavy atom. The average Bonchev–Trinajstić information content (AvgIpc) is 3.41. The normalized spacial score (nSPS) is 12.8. The SMILES string of the molecule is CN=C(NCCc1csc(-c2ccccc2)n1)N(C)Cc1csc(C(C)OC)n1. The van der Waals surface area contributed by atoms with Gasteiger partial charge in [-0.1, -0.05) is 30.3 Å². The third kappa shape index (κ3) is 5.85. The fourth-order valence-electron chi connectivity index (χ4n) is 2.82. The lowest BCUT2D eigenvalue weighted by atomic mass is 10.2. The van der Waals surface area contributed by atoms with Crippen molar-refractivity contribution < 1.29 is 4.74 Å². The number of ether oxygens (including phenoxy) is 1. The summed E-state index contributed by atoms with van der Waals surface area (Å²) in [4.78, 5) is 15.9. The van der Waals surface area contributed by atoms with Gasteiger partial charge in [0.05, 0.1) is 17.9 Å². The van der Waals surface area contributed by atoms with Gasteiger partial charge in [-0.2, -0.15) is 0 Å². The van der Waals surface area contributed by atoms with Crippen LogP contribution in [0.2, 0.25) is 0 Å². The molecule has 0 saturated carbocycles. The molecule has 0 aliphatic carbocycles. The molecular formula is C21H27N5OS2. The molecule has 154 valence electrons. The number of guanidine groups is 1. The van der Waals surface area contributed by atoms with Crippen molar-refractivity contribution in [3.8, 4) is 10.6 Å². The minimum atomic E-state index is 0.0235. The first kappa shape index (κ1) is 21.4. The second-order valence-corrected chi connectivity index (χ2v) is 8.39. The first-order valence-corrected chi connectivity index (χ1v) is 11.2. The quantitative estimate of drug-likeness (QED) is 0.429. The number of thiazole rings is 2. The van der Waals surface area contributed by atoms with Gasteiger partial charge < -0.3 is 15.0 Å². The summed E-state index contributed by atoms with van der Waals surface area (Å²) >= 11 is 3.31. The maximum atomic E-state index is 5.34. The molecule has 1 unspecified atom stereocenters. The highest BCUT2D eigenvalue weighted by atomic mass is 32.1. The van der Waals surface area contributed by atoms with Crippen LogP contribution < -0.4 is 5.32 Å². The van der Waals surface area contributed by atoms with Gasteiger partial charge in [0.2, 0.25) is 0 Å². The largest absolute Gasteiger partial charge is 0.375 e. The molecule has 3 aromatic rings. The Kier molecular flexibility index (Phi) is 7.74. The Labute approximate surface area is 180 Å². The molecule has 2 aromatic heterocycles. The smallest absolute Gasteiger partial charge is 0.193 e. The standard InChI is InChI=1S/C21H27N5OS2/c1-15(27-4)19-25-18(14-28-19)12-26(3)21(22-2)23-11-10-17-13-29-20(24-17)16-8-6-5-7-9-16/h5-9,13-15H,10-12H2,1-4H3,(H,22,23). The highest BCUT2D eigenvalue weighted by Crippen LogP contribution is 2.23. The summed E-state index contributed by atoms with van der Waals surface area (Å²) in [7, 11) is 5.52. The van der Waals surface area contributed by atoms with Crippen molar-refractivity contribution in [3.63, 3.8) is 0 Å². The zero-order valence-corrected chi connectivity index (χ0v) is 18.9. The van der Waals surface area contributed by atoms with E-state index in [1.54, 1.807) is 36.8 Å². The zero-order chi connectivity index (χ0) is 20.6. The topological polar surface area (TPSA) is 62.6 Å². The monoisotopic (exact) mass is 429 g/mol. The molecule has 0 radical (unpaired) electrons. The van der Waals surface area contributed by atoms with E-state index in [9.17, 15) is 0 Å². The molecule has 0 spiro atoms. The van der Waals surface area contributed by atoms with Gasteiger partial charge in [0.15, 0.2) is 5.96 Å². The van der Waals surface area contributed by atoms with E-state index in [-0.39, 0.29) is 6.10 Å². The van der Waals surface area contributed by atoms with Crippen LogP contribution in [0.1, 0.15) is 29.4 Å². The number of methoxy groups -OCH3 is 1. The van der Waals surface area contributed by atoms with Gasteiger partial charge in [-0.3, -0.25) is 4.99 Å². The third-order valence-corrected chi connectivity index (χ3v) is 6.47. The first-order chi connectivity index (χ1) is 14.1. The van der Waals surface area contributed by atoms with Crippen molar-refractivity contribution in [2.75, 3.05) is 27.7 Å². The predicted molar refractivity (Wildman–Crippen MR) is 122 cm³/mol. The van der Waals surface area contributed by atoms with Crippen molar-refractivity contribution in [1.82, 2.24) is 20.2 Å². The van der Waals surface area contributed by atoms with E-state index in [0.717, 1.165) is 45.9 Å². The summed E-state index contributed by atoms with van der Waals surface area (Å²) in [5, 5.41) is 9.69. The van der Waals surface area contributed by atoms with Crippen LogP contribution in [0.4, 0.5) is 0 Å². The molecule has 0 bridgehead atoms. The number of hydrogen-bond donors (Lipinski definition) is 1. The van der Waals surface area contributed by atoms with Crippen molar-refractivity contribution >= 4 is 28.6 Å². The van der Waals surface area contributed by atoms with E-state index < -0.39 is 0 Å². The fraction of sp³-hybridized carbons (Fsp3) is 0.381. The average molecular weight is 430 g/mol. The highest BCUT2D eigenvalue weighted by molar-refractivity contribution is 7.13. The van der Waals surface area contributed by atoms with E-state index in [4.69, 9.17) is 9.72 Å². The van der Waals surface area contributed by atoms with Crippen molar-refractivity contribution in [1.29, 1.82) is 0 Å². The highest BCUT2D eigenvalue weighted by Gasteiger charge is 2.13. The molecule has 0 aliphatic rings. The maximum absolute atomic E-state index is 5.34. The number of hydrogen-bond acceptors (Lipinski definition) is 6. The molecule has 1 atom stereocenters. The third-order valence-electron chi connectivity index (χ3n) is 4.48. The van der Waals surface area contributed by atoms with Gasteiger partial charge in [-0.25, -0.2) is 9.97 Å². The number of nitrogens with one attached hydrogen (secondary N) is 1. The first-order valence-electron chi connectivity index (χ1n) is 9.49. The van der Waals surface area contributed by atoms with Gasteiger partial charge in [0.1, 0.15) is 16.1 Å². The van der Waals surface area contributed by atoms with E-state index in [1.165, 1.54) is 0 Å². The number of nitrogens with zero attached hydrogens (tertiary/aromatic N) is 4. The van der Waals surface area contributed by atoms with E-state index in [2.05, 4.69) is 43.1 Å². The maximum Gasteiger partial charge on any atom is 0.193 e. The number of rotatable bonds is 8. The van der Waals surface area contributed by atoms with Crippen LogP contribution in [0.15, 0.2) is 46.1 Å². The van der Waals surface area contributed by atoms with E-state index in [1.807, 2.05) is 32.2 Å². The van der Waals surface area contributed by atoms with Crippen LogP contribution in [-0.4, -0.2) is 48.6 Å². The van der Waals surface area contributed by atoms with Gasteiger partial charge in [-0.05, 0) is 6.92 Å². The van der Waals surface area contributed by atoms with Crippen molar-refractivity contribution in [3.05, 3.63) is 57.5 Å². The Morgan fingerprint density at radius 1 is 1.17 bits per heavy atom. The zero-order valence-electron chi connectivity index (χ0n) is 17.3. The molecule has 8 heteroatoms. The minimum absolute atomic E-state index is 0.0235. The van der Waals surface area contributed by atoms with Crippen molar-refractivity contribution in [2.45, 2.75) is 26.0 Å². The fourth-order valence-corrected chi connectivity index (χ4v) is 4.53. The summed E-state index contributed by atoms with van der Waals surface area (Å²) in [6, 6.07) is 10.3. The minimum Gasteiger partial charge on any atom is -0.375 e. The van der Waals surface area contributed by atoms with Crippen LogP contribution in [0.3, 0.4) is 0 Å². The molecule has 1 N–H and O–H groups in total. The Bertz CT molecular complexity index is 922. The second kappa shape index (κ2) is 10.5. The second-order valence-electron chi connectivity index (χ2n) is 6.65. The molecule has 6 nitrogen and oxygen atoms in total. The molecule has 1 aromatic carbocycles. The summed E-state index contributed by atoms with van der Waals surface area (Å²) in [6.45, 7) is 3.48. The lowest BCUT2D eigenvalue weighted by molar-refractivity contribution is 0.119. The molecule has 2 heterocycles. The number of benzene rings is 1. The van der Waals surface area contributed by atoms with Crippen LogP contribution in [0.5, 0.6) is 0 Å². The summed E-state index contributed by atoms with van der Waals surface area (Å²) < 4.78 is 5.34. The van der Waals surface area contributed by atoms with Crippen molar-refractivity contribution in [2.24, 2.45) is 4.99 Å². The summed E-state index contributed by atoms with van der Waals surface area (Å²) in [6.07, 6.45) is 0.873. The van der Waals surface area contributed by atoms with Gasteiger partial charge in [0, 0.05) is 50.5 Å². The Balaban J connectivity index is 1.50. The lowest BCUT2D eigenvalue weighted by Crippen LogP contribution is -2.39. The van der Waals surface area contributed by atoms with Gasteiger partial charge in [0.25, 0.3) is 0 Å². The van der Waals surface area contributed by atoms with E-state index >= 15 is 0 Å².